The number of aliphatic carboxylic acids is 1. The Morgan fingerprint density at radius 2 is 1.94 bits per heavy atom. The van der Waals surface area contributed by atoms with Crippen LogP contribution in [-0.2, 0) is 11.4 Å². The first-order valence-electron chi connectivity index (χ1n) is 4.51. The van der Waals surface area contributed by atoms with Gasteiger partial charge < -0.3 is 15.9 Å². The smallest absolute Gasteiger partial charge is 0.305 e. The fraction of sp³-hybridized carbons (Fsp3) is 0.300. The highest BCUT2D eigenvalue weighted by molar-refractivity contribution is 5.68. The summed E-state index contributed by atoms with van der Waals surface area (Å²) in [6.07, 6.45) is -0.419. The zero-order valence-corrected chi connectivity index (χ0v) is 8.28. The van der Waals surface area contributed by atoms with E-state index in [2.05, 4.69) is 0 Å². The van der Waals surface area contributed by atoms with Gasteiger partial charge in [0.05, 0.1) is 13.0 Å². The standard InChI is InChI=1S/C10H11F2NO3/c11-7-1-5(4-14)6(2-8(7)12)9(13)3-10(15)16/h1-2,9,14H,3-4,13H2,(H,15,16). The number of carboxylic acid groups (broad SMARTS) is 1. The molecule has 0 bridgehead atoms. The molecular weight excluding hydrogens is 220 g/mol. The van der Waals surface area contributed by atoms with E-state index in [-0.39, 0.29) is 11.1 Å². The topological polar surface area (TPSA) is 83.6 Å². The Bertz CT molecular complexity index is 409. The maximum atomic E-state index is 12.9. The van der Waals surface area contributed by atoms with Crippen LogP contribution in [0.25, 0.3) is 0 Å². The molecule has 4 nitrogen and oxygen atoms in total. The van der Waals surface area contributed by atoms with Crippen molar-refractivity contribution in [2.75, 3.05) is 0 Å². The molecule has 1 rings (SSSR count). The second kappa shape index (κ2) is 5.00. The summed E-state index contributed by atoms with van der Waals surface area (Å²) >= 11 is 0. The lowest BCUT2D eigenvalue weighted by Gasteiger charge is -2.14. The number of halogens is 2. The Balaban J connectivity index is 3.10. The number of carbonyl (C=O) groups is 1. The van der Waals surface area contributed by atoms with Crippen LogP contribution in [0.4, 0.5) is 8.78 Å². The summed E-state index contributed by atoms with van der Waals surface area (Å²) in [4.78, 5) is 10.4. The number of hydrogen-bond acceptors (Lipinski definition) is 3. The third kappa shape index (κ3) is 2.74. The van der Waals surface area contributed by atoms with Gasteiger partial charge in [0, 0.05) is 6.04 Å². The number of nitrogens with two attached hydrogens (primary N) is 1. The molecule has 0 fully saturated rings. The lowest BCUT2D eigenvalue weighted by Crippen LogP contribution is -2.17. The van der Waals surface area contributed by atoms with Crippen LogP contribution < -0.4 is 5.73 Å². The Hall–Kier alpha value is -1.53. The van der Waals surface area contributed by atoms with E-state index >= 15 is 0 Å². The first kappa shape index (κ1) is 12.5. The zero-order valence-electron chi connectivity index (χ0n) is 8.28. The summed E-state index contributed by atoms with van der Waals surface area (Å²) < 4.78 is 25.8. The van der Waals surface area contributed by atoms with Crippen molar-refractivity contribution in [1.82, 2.24) is 0 Å². The molecule has 0 amide bonds. The third-order valence-corrected chi connectivity index (χ3v) is 2.15. The van der Waals surface area contributed by atoms with Crippen LogP contribution in [-0.4, -0.2) is 16.2 Å². The normalized spacial score (nSPS) is 12.5. The van der Waals surface area contributed by atoms with E-state index < -0.39 is 36.7 Å². The van der Waals surface area contributed by atoms with Gasteiger partial charge in [-0.2, -0.15) is 0 Å². The average Bonchev–Trinajstić information content (AvgIpc) is 2.20. The molecular formula is C10H11F2NO3. The maximum Gasteiger partial charge on any atom is 0.305 e. The van der Waals surface area contributed by atoms with E-state index in [4.69, 9.17) is 15.9 Å². The predicted octanol–water partition coefficient (Wildman–Crippen LogP) is 0.932. The second-order valence-corrected chi connectivity index (χ2v) is 3.33. The van der Waals surface area contributed by atoms with Crippen LogP contribution in [0.1, 0.15) is 23.6 Å². The van der Waals surface area contributed by atoms with Gasteiger partial charge in [0.2, 0.25) is 0 Å². The molecule has 0 aliphatic heterocycles. The third-order valence-electron chi connectivity index (χ3n) is 2.15. The zero-order chi connectivity index (χ0) is 12.3. The summed E-state index contributed by atoms with van der Waals surface area (Å²) in [5.41, 5.74) is 5.70. The van der Waals surface area contributed by atoms with Crippen LogP contribution in [0.2, 0.25) is 0 Å². The summed E-state index contributed by atoms with van der Waals surface area (Å²) in [6.45, 7) is -0.528. The van der Waals surface area contributed by atoms with E-state index in [0.717, 1.165) is 12.1 Å². The molecule has 0 radical (unpaired) electrons. The molecule has 0 aliphatic rings. The van der Waals surface area contributed by atoms with E-state index in [9.17, 15) is 13.6 Å². The highest BCUT2D eigenvalue weighted by Crippen LogP contribution is 2.22. The summed E-state index contributed by atoms with van der Waals surface area (Å²) in [5, 5.41) is 17.4. The summed E-state index contributed by atoms with van der Waals surface area (Å²) in [6, 6.07) is 0.649. The van der Waals surface area contributed by atoms with Gasteiger partial charge in [0.1, 0.15) is 0 Å². The fourth-order valence-electron chi connectivity index (χ4n) is 1.38. The van der Waals surface area contributed by atoms with Crippen LogP contribution in [0.5, 0.6) is 0 Å². The quantitative estimate of drug-likeness (QED) is 0.719. The van der Waals surface area contributed by atoms with E-state index in [0.29, 0.717) is 0 Å². The molecule has 16 heavy (non-hydrogen) atoms. The largest absolute Gasteiger partial charge is 0.481 e. The lowest BCUT2D eigenvalue weighted by molar-refractivity contribution is -0.137. The Morgan fingerprint density at radius 3 is 2.44 bits per heavy atom. The molecule has 0 saturated carbocycles. The van der Waals surface area contributed by atoms with Gasteiger partial charge in [-0.25, -0.2) is 8.78 Å². The Kier molecular flexibility index (Phi) is 3.92. The van der Waals surface area contributed by atoms with E-state index in [1.807, 2.05) is 0 Å². The van der Waals surface area contributed by atoms with Crippen molar-refractivity contribution in [2.45, 2.75) is 19.1 Å². The van der Waals surface area contributed by atoms with E-state index in [1.54, 1.807) is 0 Å². The molecule has 1 unspecified atom stereocenters. The van der Waals surface area contributed by atoms with Crippen molar-refractivity contribution in [3.8, 4) is 0 Å². The molecule has 0 aromatic heterocycles. The molecule has 0 saturated heterocycles. The van der Waals surface area contributed by atoms with Gasteiger partial charge in [-0.1, -0.05) is 0 Å². The highest BCUT2D eigenvalue weighted by Gasteiger charge is 2.17. The van der Waals surface area contributed by atoms with Crippen molar-refractivity contribution < 1.29 is 23.8 Å². The monoisotopic (exact) mass is 231 g/mol. The van der Waals surface area contributed by atoms with Crippen molar-refractivity contribution in [3.63, 3.8) is 0 Å². The van der Waals surface area contributed by atoms with Gasteiger partial charge in [0.25, 0.3) is 0 Å². The van der Waals surface area contributed by atoms with Crippen molar-refractivity contribution in [2.24, 2.45) is 5.73 Å². The number of benzene rings is 1. The number of rotatable bonds is 4. The molecule has 1 aromatic carbocycles. The molecule has 1 aromatic rings. The molecule has 4 N–H and O–H groups in total. The first-order valence-corrected chi connectivity index (χ1v) is 4.51. The average molecular weight is 231 g/mol. The number of hydrogen-bond donors (Lipinski definition) is 3. The van der Waals surface area contributed by atoms with Crippen molar-refractivity contribution in [1.29, 1.82) is 0 Å². The van der Waals surface area contributed by atoms with Gasteiger partial charge in [-0.3, -0.25) is 4.79 Å². The summed E-state index contributed by atoms with van der Waals surface area (Å²) in [7, 11) is 0. The van der Waals surface area contributed by atoms with Gasteiger partial charge in [-0.15, -0.1) is 0 Å². The van der Waals surface area contributed by atoms with Crippen LogP contribution in [0, 0.1) is 11.6 Å². The SMILES string of the molecule is NC(CC(=O)O)c1cc(F)c(F)cc1CO. The Morgan fingerprint density at radius 1 is 1.38 bits per heavy atom. The van der Waals surface area contributed by atoms with Gasteiger partial charge in [0.15, 0.2) is 11.6 Å². The molecule has 0 aliphatic carbocycles. The van der Waals surface area contributed by atoms with Crippen molar-refractivity contribution >= 4 is 5.97 Å². The predicted molar refractivity (Wildman–Crippen MR) is 51.5 cm³/mol. The first-order chi connectivity index (χ1) is 7.45. The van der Waals surface area contributed by atoms with Gasteiger partial charge in [-0.05, 0) is 23.3 Å². The fourth-order valence-corrected chi connectivity index (χ4v) is 1.38. The van der Waals surface area contributed by atoms with Crippen molar-refractivity contribution in [3.05, 3.63) is 34.9 Å². The second-order valence-electron chi connectivity index (χ2n) is 3.33. The molecule has 88 valence electrons. The number of aliphatic hydroxyl groups excluding tert-OH is 1. The van der Waals surface area contributed by atoms with E-state index in [1.165, 1.54) is 0 Å². The van der Waals surface area contributed by atoms with Crippen LogP contribution >= 0.6 is 0 Å². The molecule has 0 heterocycles. The molecule has 0 spiro atoms. The number of carboxylic acids is 1. The molecule has 6 heteroatoms. The minimum atomic E-state index is -1.15. The van der Waals surface area contributed by atoms with Crippen LogP contribution in [0.15, 0.2) is 12.1 Å². The molecule has 1 atom stereocenters. The lowest BCUT2D eigenvalue weighted by atomic mass is 9.98. The highest BCUT2D eigenvalue weighted by atomic mass is 19.2. The maximum absolute atomic E-state index is 12.9. The van der Waals surface area contributed by atoms with Gasteiger partial charge >= 0.3 is 5.97 Å². The Labute approximate surface area is 90.3 Å². The number of aliphatic hydroxyl groups is 1. The minimum absolute atomic E-state index is 0.0904. The van der Waals surface area contributed by atoms with Crippen LogP contribution in [0.3, 0.4) is 0 Å². The minimum Gasteiger partial charge on any atom is -0.481 e. The summed E-state index contributed by atoms with van der Waals surface area (Å²) in [5.74, 6) is -3.37.